The van der Waals surface area contributed by atoms with Gasteiger partial charge in [0.2, 0.25) is 0 Å². The van der Waals surface area contributed by atoms with Crippen molar-refractivity contribution in [1.29, 1.82) is 0 Å². The summed E-state index contributed by atoms with van der Waals surface area (Å²) in [5.41, 5.74) is 0. The smallest absolute Gasteiger partial charge is 0.549 e. The molecule has 0 N–H and O–H groups in total. The molecule has 94 valence electrons. The third-order valence-electron chi connectivity index (χ3n) is 1.20. The first-order chi connectivity index (χ1) is 7.31. The summed E-state index contributed by atoms with van der Waals surface area (Å²) in [6, 6.07) is 0. The molecule has 0 aliphatic carbocycles. The van der Waals surface area contributed by atoms with E-state index in [0.29, 0.717) is 12.2 Å². The van der Waals surface area contributed by atoms with Gasteiger partial charge in [0, 0.05) is 6.42 Å². The van der Waals surface area contributed by atoms with E-state index in [1.807, 2.05) is 0 Å². The Balaban J connectivity index is -0.000000143. The topological polar surface area (TPSA) is 108 Å². The summed E-state index contributed by atoms with van der Waals surface area (Å²) in [6.07, 6.45) is 0.708. The number of rotatable bonds is 6. The fourth-order valence-electron chi connectivity index (χ4n) is 0.697. The molecule has 0 aromatic carbocycles. The van der Waals surface area contributed by atoms with Crippen LogP contribution in [0.5, 0.6) is 0 Å². The summed E-state index contributed by atoms with van der Waals surface area (Å²) in [4.78, 5) is 21.0. The summed E-state index contributed by atoms with van der Waals surface area (Å²) in [5, 5.41) is 9.73. The van der Waals surface area contributed by atoms with Gasteiger partial charge in [0.1, 0.15) is 5.78 Å². The summed E-state index contributed by atoms with van der Waals surface area (Å²) < 4.78 is 25.3. The summed E-state index contributed by atoms with van der Waals surface area (Å²) in [6.45, 7) is 4.95. The van der Waals surface area contributed by atoms with E-state index in [4.69, 9.17) is 12.6 Å². The molecule has 0 aromatic rings. The van der Waals surface area contributed by atoms with Crippen molar-refractivity contribution in [1.82, 2.24) is 0 Å². The number of carboxylic acids is 1. The maximum Gasteiger partial charge on any atom is 1.00 e. The average Bonchev–Trinajstić information content (AvgIpc) is 2.10. The molecule has 0 saturated heterocycles. The predicted molar refractivity (Wildman–Crippen MR) is 56.2 cm³/mol. The number of aliphatic carboxylic acids is 1. The quantitative estimate of drug-likeness (QED) is 0.354. The molecule has 0 amide bonds. The van der Waals surface area contributed by atoms with Crippen LogP contribution in [0.15, 0.2) is 0 Å². The van der Waals surface area contributed by atoms with E-state index in [1.165, 1.54) is 18.7 Å². The number of carboxylic acid groups (broad SMARTS) is 1. The number of hydrogen-bond donors (Lipinski definition) is 0. The average molecular weight is 314 g/mol. The van der Waals surface area contributed by atoms with Crippen LogP contribution < -0.4 is 64.2 Å². The Morgan fingerprint density at radius 1 is 1.28 bits per heavy atom. The molecule has 6 nitrogen and oxygen atoms in total. The van der Waals surface area contributed by atoms with E-state index in [0.717, 1.165) is 0 Å². The molecule has 0 radical (unpaired) electrons. The van der Waals surface area contributed by atoms with Crippen LogP contribution in [-0.2, 0) is 20.2 Å². The Morgan fingerprint density at radius 3 is 1.89 bits per heavy atom. The molecule has 10 heteroatoms. The van der Waals surface area contributed by atoms with Crippen molar-refractivity contribution < 1.29 is 86.4 Å². The molecular weight excluding hydrogens is 302 g/mol. The van der Waals surface area contributed by atoms with E-state index in [-0.39, 0.29) is 71.3 Å². The van der Waals surface area contributed by atoms with Gasteiger partial charge in [-0.3, -0.25) is 4.79 Å². The van der Waals surface area contributed by atoms with Crippen molar-refractivity contribution in [2.75, 3.05) is 5.75 Å². The van der Waals surface area contributed by atoms with Gasteiger partial charge in [-0.1, -0.05) is 0 Å². The summed E-state index contributed by atoms with van der Waals surface area (Å²) >= 11 is 1.21. The molecule has 0 saturated carbocycles. The van der Waals surface area contributed by atoms with Gasteiger partial charge in [-0.15, -0.1) is 12.6 Å². The molecule has 0 spiro atoms. The van der Waals surface area contributed by atoms with Crippen molar-refractivity contribution in [2.45, 2.75) is 25.0 Å². The van der Waals surface area contributed by atoms with Gasteiger partial charge >= 0.3 is 69.7 Å². The second kappa shape index (κ2) is 18.1. The van der Waals surface area contributed by atoms with Crippen molar-refractivity contribution in [3.63, 3.8) is 0 Å². The van der Waals surface area contributed by atoms with E-state index in [1.54, 1.807) is 0 Å². The molecule has 1 atom stereocenters. The van der Waals surface area contributed by atoms with Crippen molar-refractivity contribution in [2.24, 2.45) is 0 Å². The van der Waals surface area contributed by atoms with Crippen LogP contribution in [0.4, 0.5) is 0 Å². The van der Waals surface area contributed by atoms with Crippen molar-refractivity contribution >= 4 is 34.1 Å². The number of Topliss-reactive ketones (excluding diaryl/α,β-unsaturated/α-hetero) is 1. The fraction of sp³-hybridized carbons (Fsp3) is 0.625. The number of thioether (sulfide) groups is 1. The second-order valence-electron chi connectivity index (χ2n) is 2.64. The van der Waals surface area contributed by atoms with E-state index >= 15 is 0 Å². The SMILES string of the molecule is O=S(=O)=O.[CH2-]CCSC(CC(C)=O)C(=O)[O-].[Na+].[Na+]. The van der Waals surface area contributed by atoms with Gasteiger partial charge in [-0.25, -0.2) is 0 Å². The van der Waals surface area contributed by atoms with E-state index in [2.05, 4.69) is 6.92 Å². The summed E-state index contributed by atoms with van der Waals surface area (Å²) in [7, 11) is -3.11. The van der Waals surface area contributed by atoms with Gasteiger partial charge in [0.15, 0.2) is 0 Å². The molecule has 0 fully saturated rings. The molecule has 0 aliphatic heterocycles. The zero-order valence-electron chi connectivity index (χ0n) is 10.7. The minimum atomic E-state index is -3.11. The Labute approximate surface area is 156 Å². The number of hydrogen-bond acceptors (Lipinski definition) is 7. The van der Waals surface area contributed by atoms with Crippen LogP contribution in [-0.4, -0.2) is 35.4 Å². The molecule has 0 aliphatic rings. The van der Waals surface area contributed by atoms with Crippen LogP contribution in [0.3, 0.4) is 0 Å². The predicted octanol–water partition coefficient (Wildman–Crippen LogP) is -6.95. The standard InChI is InChI=1S/C8H13O3S.2Na.O3S/c1-3-4-12-7(8(10)11)5-6(2)9;;;1-4(2)3/h7H,1,3-5H2,2H3,(H,10,11);;;/q-1;2*+1;/p-1. The van der Waals surface area contributed by atoms with Crippen molar-refractivity contribution in [3.05, 3.63) is 6.92 Å². The fourth-order valence-corrected chi connectivity index (χ4v) is 1.64. The first kappa shape index (κ1) is 27.5. The monoisotopic (exact) mass is 314 g/mol. The molecular formula is C8H12Na2O6S2. The van der Waals surface area contributed by atoms with Gasteiger partial charge in [0.25, 0.3) is 0 Å². The van der Waals surface area contributed by atoms with Crippen LogP contribution in [0, 0.1) is 6.92 Å². The van der Waals surface area contributed by atoms with Gasteiger partial charge in [-0.05, 0) is 12.7 Å². The Morgan fingerprint density at radius 2 is 1.67 bits per heavy atom. The number of carbonyl (C=O) groups excluding carboxylic acids is 2. The molecule has 0 aromatic heterocycles. The Kier molecular flexibility index (Phi) is 27.6. The maximum absolute atomic E-state index is 10.6. The Hall–Kier alpha value is 1.11. The maximum atomic E-state index is 10.6. The van der Waals surface area contributed by atoms with E-state index < -0.39 is 21.8 Å². The van der Waals surface area contributed by atoms with Gasteiger partial charge in [-0.2, -0.15) is 18.2 Å². The van der Waals surface area contributed by atoms with Crippen molar-refractivity contribution in [3.8, 4) is 0 Å². The zero-order valence-corrected chi connectivity index (χ0v) is 16.3. The molecule has 0 rings (SSSR count). The Bertz CT molecular complexity index is 322. The van der Waals surface area contributed by atoms with Gasteiger partial charge in [0.05, 0.1) is 11.2 Å². The van der Waals surface area contributed by atoms with E-state index in [9.17, 15) is 14.7 Å². The van der Waals surface area contributed by atoms with Crippen LogP contribution in [0.25, 0.3) is 0 Å². The molecule has 0 bridgehead atoms. The van der Waals surface area contributed by atoms with Crippen LogP contribution in [0.2, 0.25) is 0 Å². The molecule has 18 heavy (non-hydrogen) atoms. The second-order valence-corrected chi connectivity index (χ2v) is 4.36. The number of carbonyl (C=O) groups is 2. The normalized spacial score (nSPS) is 9.67. The van der Waals surface area contributed by atoms with Crippen LogP contribution in [0.1, 0.15) is 19.8 Å². The molecule has 1 unspecified atom stereocenters. The van der Waals surface area contributed by atoms with Crippen LogP contribution >= 0.6 is 11.8 Å². The zero-order chi connectivity index (χ0) is 13.1. The third-order valence-corrected chi connectivity index (χ3v) is 2.48. The minimum absolute atomic E-state index is 0. The van der Waals surface area contributed by atoms with Gasteiger partial charge < -0.3 is 16.8 Å². The first-order valence-electron chi connectivity index (χ1n) is 4.19. The first-order valence-corrected chi connectivity index (χ1v) is 6.24. The summed E-state index contributed by atoms with van der Waals surface area (Å²) in [5.74, 6) is -0.643. The molecule has 0 heterocycles. The number of ketones is 1. The largest absolute Gasteiger partial charge is 1.00 e. The third kappa shape index (κ3) is 25.8. The minimum Gasteiger partial charge on any atom is -0.549 e.